The van der Waals surface area contributed by atoms with Gasteiger partial charge in [0.15, 0.2) is 5.82 Å². The molecule has 3 N–H and O–H groups in total. The molecule has 0 spiro atoms. The predicted molar refractivity (Wildman–Crippen MR) is 97.0 cm³/mol. The summed E-state index contributed by atoms with van der Waals surface area (Å²) in [5.41, 5.74) is 3.02. The Labute approximate surface area is 156 Å². The number of fused-ring (bicyclic) bond motifs is 1. The first-order valence-electron chi connectivity index (χ1n) is 7.56. The number of hydrogen-bond acceptors (Lipinski definition) is 5. The molecule has 4 aromatic rings. The van der Waals surface area contributed by atoms with Gasteiger partial charge < -0.3 is 14.7 Å². The van der Waals surface area contributed by atoms with Crippen LogP contribution in [0.2, 0.25) is 10.0 Å². The number of ether oxygens (including phenoxy) is 1. The van der Waals surface area contributed by atoms with Crippen molar-refractivity contribution in [3.63, 3.8) is 0 Å². The van der Waals surface area contributed by atoms with Crippen LogP contribution in [0.1, 0.15) is 5.82 Å². The number of carbonyl (C=O) groups excluding carboxylic acids is 1. The molecule has 0 saturated heterocycles. The van der Waals surface area contributed by atoms with E-state index in [-0.39, 0.29) is 6.42 Å². The van der Waals surface area contributed by atoms with E-state index < -0.39 is 5.97 Å². The number of nitrogens with zero attached hydrogens (tertiary/aromatic N) is 3. The van der Waals surface area contributed by atoms with E-state index in [9.17, 15) is 4.79 Å². The van der Waals surface area contributed by atoms with Gasteiger partial charge in [0.2, 0.25) is 0 Å². The average Bonchev–Trinajstić information content (AvgIpc) is 3.36. The van der Waals surface area contributed by atoms with Crippen LogP contribution < -0.4 is 0 Å². The lowest BCUT2D eigenvalue weighted by atomic mass is 10.0. The minimum absolute atomic E-state index is 0.00262. The molecule has 0 atom stereocenters. The van der Waals surface area contributed by atoms with Crippen LogP contribution in [-0.4, -0.2) is 43.4 Å². The monoisotopic (exact) mass is 390 g/mol. The minimum atomic E-state index is -0.408. The highest BCUT2D eigenvalue weighted by atomic mass is 35.5. The first kappa shape index (κ1) is 16.6. The molecular formula is C16H12Cl2N6O2. The second-order valence-electron chi connectivity index (χ2n) is 5.52. The molecule has 8 nitrogen and oxygen atoms in total. The normalized spacial score (nSPS) is 11.2. The van der Waals surface area contributed by atoms with Crippen LogP contribution in [0.15, 0.2) is 24.5 Å². The summed E-state index contributed by atoms with van der Waals surface area (Å²) in [6.07, 6.45) is 3.46. The number of methoxy groups -OCH3 is 1. The number of H-pyrrole nitrogens is 3. The van der Waals surface area contributed by atoms with Crippen molar-refractivity contribution >= 4 is 40.1 Å². The van der Waals surface area contributed by atoms with Crippen LogP contribution in [0.5, 0.6) is 0 Å². The zero-order chi connectivity index (χ0) is 18.3. The molecule has 0 bridgehead atoms. The Kier molecular flexibility index (Phi) is 4.14. The van der Waals surface area contributed by atoms with Crippen molar-refractivity contribution in [2.45, 2.75) is 6.42 Å². The number of esters is 1. The molecule has 0 radical (unpaired) electrons. The van der Waals surface area contributed by atoms with Gasteiger partial charge in [0.1, 0.15) is 12.2 Å². The number of benzene rings is 1. The molecule has 0 aliphatic carbocycles. The molecule has 26 heavy (non-hydrogen) atoms. The highest BCUT2D eigenvalue weighted by molar-refractivity contribution is 6.45. The van der Waals surface area contributed by atoms with Gasteiger partial charge >= 0.3 is 5.97 Å². The zero-order valence-electron chi connectivity index (χ0n) is 13.4. The third kappa shape index (κ3) is 2.73. The van der Waals surface area contributed by atoms with E-state index in [0.29, 0.717) is 32.9 Å². The maximum Gasteiger partial charge on any atom is 0.313 e. The second-order valence-corrected chi connectivity index (χ2v) is 6.30. The summed E-state index contributed by atoms with van der Waals surface area (Å²) in [7, 11) is 1.32. The van der Waals surface area contributed by atoms with Crippen molar-refractivity contribution in [3.05, 3.63) is 40.4 Å². The third-order valence-electron chi connectivity index (χ3n) is 3.96. The van der Waals surface area contributed by atoms with Gasteiger partial charge in [0.25, 0.3) is 0 Å². The van der Waals surface area contributed by atoms with Crippen LogP contribution in [0.3, 0.4) is 0 Å². The maximum absolute atomic E-state index is 11.4. The number of aromatic amines is 3. The summed E-state index contributed by atoms with van der Waals surface area (Å²) in [5.74, 6) is 0.450. The minimum Gasteiger partial charge on any atom is -0.469 e. The van der Waals surface area contributed by atoms with Crippen molar-refractivity contribution in [2.75, 3.05) is 7.11 Å². The van der Waals surface area contributed by atoms with Crippen molar-refractivity contribution in [1.82, 2.24) is 30.4 Å². The topological polar surface area (TPSA) is 112 Å². The Bertz CT molecular complexity index is 1100. The van der Waals surface area contributed by atoms with Crippen LogP contribution in [0, 0.1) is 0 Å². The van der Waals surface area contributed by atoms with Gasteiger partial charge in [-0.1, -0.05) is 29.3 Å². The molecule has 3 aromatic heterocycles. The second kappa shape index (κ2) is 6.47. The van der Waals surface area contributed by atoms with Crippen LogP contribution >= 0.6 is 23.2 Å². The summed E-state index contributed by atoms with van der Waals surface area (Å²) in [5, 5.41) is 16.7. The molecule has 1 aromatic carbocycles. The fourth-order valence-corrected chi connectivity index (χ4v) is 3.14. The van der Waals surface area contributed by atoms with Gasteiger partial charge in [0.05, 0.1) is 34.6 Å². The fraction of sp³-hybridized carbons (Fsp3) is 0.125. The van der Waals surface area contributed by atoms with E-state index in [1.54, 1.807) is 18.5 Å². The molecule has 0 amide bonds. The van der Waals surface area contributed by atoms with Gasteiger partial charge in [-0.3, -0.25) is 9.89 Å². The van der Waals surface area contributed by atoms with E-state index in [1.165, 1.54) is 7.11 Å². The predicted octanol–water partition coefficient (Wildman–Crippen LogP) is 3.37. The molecule has 0 saturated carbocycles. The van der Waals surface area contributed by atoms with Gasteiger partial charge in [-0.25, -0.2) is 0 Å². The summed E-state index contributed by atoms with van der Waals surface area (Å²) in [6.45, 7) is 0. The first-order valence-corrected chi connectivity index (χ1v) is 8.31. The molecule has 132 valence electrons. The molecule has 0 aliphatic rings. The van der Waals surface area contributed by atoms with E-state index in [4.69, 9.17) is 23.2 Å². The van der Waals surface area contributed by atoms with E-state index in [2.05, 4.69) is 35.1 Å². The lowest BCUT2D eigenvalue weighted by molar-refractivity contribution is -0.139. The lowest BCUT2D eigenvalue weighted by Crippen LogP contribution is -2.05. The Morgan fingerprint density at radius 1 is 1.23 bits per heavy atom. The Morgan fingerprint density at radius 2 is 2.08 bits per heavy atom. The largest absolute Gasteiger partial charge is 0.469 e. The summed E-state index contributed by atoms with van der Waals surface area (Å²) >= 11 is 12.5. The molecular weight excluding hydrogens is 379 g/mol. The molecule has 4 rings (SSSR count). The highest BCUT2D eigenvalue weighted by Crippen LogP contribution is 2.41. The van der Waals surface area contributed by atoms with Gasteiger partial charge in [-0.15, -0.1) is 10.2 Å². The van der Waals surface area contributed by atoms with Crippen molar-refractivity contribution in [2.24, 2.45) is 0 Å². The number of aromatic nitrogens is 6. The summed E-state index contributed by atoms with van der Waals surface area (Å²) < 4.78 is 4.65. The fourth-order valence-electron chi connectivity index (χ4n) is 2.77. The number of rotatable bonds is 4. The number of hydrogen-bond donors (Lipinski definition) is 3. The number of halogens is 2. The SMILES string of the molecule is COC(=O)Cc1nnc(-c2[nH]c3c(Cl)c(Cl)ccc3c2-c2cn[nH]c2)[nH]1. The Balaban J connectivity index is 1.91. The van der Waals surface area contributed by atoms with E-state index in [0.717, 1.165) is 16.5 Å². The van der Waals surface area contributed by atoms with Gasteiger partial charge in [0, 0.05) is 22.7 Å². The van der Waals surface area contributed by atoms with Crippen molar-refractivity contribution in [1.29, 1.82) is 0 Å². The smallest absolute Gasteiger partial charge is 0.313 e. The van der Waals surface area contributed by atoms with Crippen LogP contribution in [-0.2, 0) is 16.0 Å². The number of carbonyl (C=O) groups is 1. The van der Waals surface area contributed by atoms with Gasteiger partial charge in [-0.05, 0) is 6.07 Å². The van der Waals surface area contributed by atoms with Gasteiger partial charge in [-0.2, -0.15) is 5.10 Å². The Hall–Kier alpha value is -2.84. The lowest BCUT2D eigenvalue weighted by Gasteiger charge is -2.00. The highest BCUT2D eigenvalue weighted by Gasteiger charge is 2.21. The average molecular weight is 391 g/mol. The number of nitrogens with one attached hydrogen (secondary N) is 3. The van der Waals surface area contributed by atoms with Crippen LogP contribution in [0.4, 0.5) is 0 Å². The molecule has 10 heteroatoms. The summed E-state index contributed by atoms with van der Waals surface area (Å²) in [6, 6.07) is 3.61. The zero-order valence-corrected chi connectivity index (χ0v) is 14.9. The quantitative estimate of drug-likeness (QED) is 0.462. The van der Waals surface area contributed by atoms with Crippen LogP contribution in [0.25, 0.3) is 33.5 Å². The standard InChI is InChI=1S/C16H12Cl2N6O2/c1-26-11(25)4-10-21-16(24-23-10)15-12(7-5-19-20-6-7)8-2-3-9(17)13(18)14(8)22-15/h2-3,5-6,22H,4H2,1H3,(H,19,20)(H,21,23,24). The van der Waals surface area contributed by atoms with Crippen molar-refractivity contribution < 1.29 is 9.53 Å². The molecule has 0 aliphatic heterocycles. The van der Waals surface area contributed by atoms with Crippen molar-refractivity contribution in [3.8, 4) is 22.6 Å². The van der Waals surface area contributed by atoms with E-state index in [1.807, 2.05) is 6.07 Å². The Morgan fingerprint density at radius 3 is 2.81 bits per heavy atom. The van der Waals surface area contributed by atoms with E-state index >= 15 is 0 Å². The third-order valence-corrected chi connectivity index (χ3v) is 4.77. The molecule has 3 heterocycles. The first-order chi connectivity index (χ1) is 12.6. The maximum atomic E-state index is 11.4. The summed E-state index contributed by atoms with van der Waals surface area (Å²) in [4.78, 5) is 17.7. The molecule has 0 fully saturated rings. The molecule has 0 unspecified atom stereocenters.